The molecule has 2 unspecified atom stereocenters. The number of halogens is 1. The number of nitro benzene ring substituents is 1. The lowest BCUT2D eigenvalue weighted by atomic mass is 9.73. The third kappa shape index (κ3) is 3.46. The quantitative estimate of drug-likeness (QED) is 0.462. The summed E-state index contributed by atoms with van der Waals surface area (Å²) in [4.78, 5) is 48.6. The van der Waals surface area contributed by atoms with Gasteiger partial charge >= 0.3 is 6.03 Å². The lowest BCUT2D eigenvalue weighted by Gasteiger charge is -2.36. The summed E-state index contributed by atoms with van der Waals surface area (Å²) < 4.78 is 0. The van der Waals surface area contributed by atoms with Gasteiger partial charge in [0.2, 0.25) is 5.91 Å². The first-order valence-electron chi connectivity index (χ1n) is 8.62. The van der Waals surface area contributed by atoms with Gasteiger partial charge < -0.3 is 10.6 Å². The van der Waals surface area contributed by atoms with E-state index in [1.165, 1.54) is 12.1 Å². The van der Waals surface area contributed by atoms with E-state index in [-0.39, 0.29) is 22.3 Å². The fourth-order valence-electron chi connectivity index (χ4n) is 3.71. The molecule has 2 N–H and O–H groups in total. The maximum atomic E-state index is 12.8. The molecule has 1 spiro atoms. The Labute approximate surface area is 160 Å². The molecule has 10 heteroatoms. The Morgan fingerprint density at radius 3 is 2.85 bits per heavy atom. The number of nitrogens with one attached hydrogen (secondary N) is 2. The molecule has 2 atom stereocenters. The normalized spacial score (nSPS) is 24.8. The van der Waals surface area contributed by atoms with Crippen LogP contribution in [0.3, 0.4) is 0 Å². The maximum absolute atomic E-state index is 12.8. The molecule has 0 radical (unpaired) electrons. The summed E-state index contributed by atoms with van der Waals surface area (Å²) in [6, 6.07) is 3.23. The molecule has 1 aromatic carbocycles. The molecule has 1 saturated carbocycles. The monoisotopic (exact) mass is 394 g/mol. The second-order valence-corrected chi connectivity index (χ2v) is 7.32. The number of carbonyl (C=O) groups excluding carboxylic acids is 3. The summed E-state index contributed by atoms with van der Waals surface area (Å²) in [5.74, 6) is -1.03. The number of hydrogen-bond donors (Lipinski definition) is 2. The molecule has 1 aliphatic heterocycles. The first-order chi connectivity index (χ1) is 12.7. The standard InChI is InChI=1S/C17H19ClN4O5/c1-10-4-2-3-7-17(10)15(24)21(16(25)20-17)9-14(23)19-11-5-6-12(18)13(8-11)22(26)27/h5-6,8,10H,2-4,7,9H2,1H3,(H,19,23)(H,20,25). The van der Waals surface area contributed by atoms with Crippen LogP contribution < -0.4 is 10.6 Å². The van der Waals surface area contributed by atoms with Gasteiger partial charge in [0.1, 0.15) is 17.1 Å². The Hall–Kier alpha value is -2.68. The Kier molecular flexibility index (Phi) is 5.05. The highest BCUT2D eigenvalue weighted by atomic mass is 35.5. The van der Waals surface area contributed by atoms with Gasteiger partial charge in [-0.15, -0.1) is 0 Å². The van der Waals surface area contributed by atoms with Gasteiger partial charge in [-0.05, 0) is 30.9 Å². The van der Waals surface area contributed by atoms with Crippen molar-refractivity contribution in [2.45, 2.75) is 38.1 Å². The number of benzene rings is 1. The van der Waals surface area contributed by atoms with Crippen molar-refractivity contribution in [3.63, 3.8) is 0 Å². The molecule has 4 amide bonds. The van der Waals surface area contributed by atoms with E-state index in [0.717, 1.165) is 30.2 Å². The summed E-state index contributed by atoms with van der Waals surface area (Å²) in [6.45, 7) is 1.46. The lowest BCUT2D eigenvalue weighted by Crippen LogP contribution is -2.54. The molecule has 1 heterocycles. The molecule has 9 nitrogen and oxygen atoms in total. The van der Waals surface area contributed by atoms with Crippen molar-refractivity contribution in [1.29, 1.82) is 0 Å². The van der Waals surface area contributed by atoms with Gasteiger partial charge in [-0.1, -0.05) is 31.4 Å². The average Bonchev–Trinajstić information content (AvgIpc) is 2.84. The van der Waals surface area contributed by atoms with Gasteiger partial charge in [0.25, 0.3) is 11.6 Å². The first-order valence-corrected chi connectivity index (χ1v) is 9.00. The van der Waals surface area contributed by atoms with Crippen molar-refractivity contribution in [3.05, 3.63) is 33.3 Å². The lowest BCUT2D eigenvalue weighted by molar-refractivity contribution is -0.384. The van der Waals surface area contributed by atoms with Crippen LogP contribution in [0.5, 0.6) is 0 Å². The number of amides is 4. The van der Waals surface area contributed by atoms with Crippen molar-refractivity contribution in [3.8, 4) is 0 Å². The molecule has 27 heavy (non-hydrogen) atoms. The summed E-state index contributed by atoms with van der Waals surface area (Å²) >= 11 is 5.74. The summed E-state index contributed by atoms with van der Waals surface area (Å²) in [5.41, 5.74) is -1.13. The second-order valence-electron chi connectivity index (χ2n) is 6.91. The van der Waals surface area contributed by atoms with Crippen LogP contribution in [0.4, 0.5) is 16.2 Å². The van der Waals surface area contributed by atoms with Crippen LogP contribution in [0.15, 0.2) is 18.2 Å². The molecule has 1 saturated heterocycles. The first kappa shape index (κ1) is 19.1. The van der Waals surface area contributed by atoms with Crippen LogP contribution in [0.2, 0.25) is 5.02 Å². The highest BCUT2D eigenvalue weighted by Crippen LogP contribution is 2.38. The van der Waals surface area contributed by atoms with E-state index in [4.69, 9.17) is 11.6 Å². The predicted octanol–water partition coefficient (Wildman–Crippen LogP) is 2.69. The fraction of sp³-hybridized carbons (Fsp3) is 0.471. The van der Waals surface area contributed by atoms with E-state index in [2.05, 4.69) is 10.6 Å². The van der Waals surface area contributed by atoms with Crippen LogP contribution in [-0.4, -0.2) is 39.8 Å². The Balaban J connectivity index is 1.71. The predicted molar refractivity (Wildman–Crippen MR) is 97.3 cm³/mol. The third-order valence-electron chi connectivity index (χ3n) is 5.23. The van der Waals surface area contributed by atoms with Crippen molar-refractivity contribution >= 4 is 40.8 Å². The summed E-state index contributed by atoms with van der Waals surface area (Å²) in [7, 11) is 0. The van der Waals surface area contributed by atoms with Crippen molar-refractivity contribution in [1.82, 2.24) is 10.2 Å². The van der Waals surface area contributed by atoms with E-state index in [1.54, 1.807) is 0 Å². The Bertz CT molecular complexity index is 830. The van der Waals surface area contributed by atoms with Crippen LogP contribution in [0.25, 0.3) is 0 Å². The molecule has 144 valence electrons. The third-order valence-corrected chi connectivity index (χ3v) is 5.55. The van der Waals surface area contributed by atoms with Crippen LogP contribution >= 0.6 is 11.6 Å². The number of carbonyl (C=O) groups is 3. The fourth-order valence-corrected chi connectivity index (χ4v) is 3.90. The summed E-state index contributed by atoms with van der Waals surface area (Å²) in [5, 5.41) is 16.1. The second kappa shape index (κ2) is 7.15. The molecule has 2 aliphatic rings. The van der Waals surface area contributed by atoms with Crippen molar-refractivity contribution in [2.24, 2.45) is 5.92 Å². The van der Waals surface area contributed by atoms with Crippen LogP contribution in [0, 0.1) is 16.0 Å². The van der Waals surface area contributed by atoms with Crippen LogP contribution in [-0.2, 0) is 9.59 Å². The number of nitrogens with zero attached hydrogens (tertiary/aromatic N) is 2. The van der Waals surface area contributed by atoms with Gasteiger partial charge in [-0.2, -0.15) is 0 Å². The van der Waals surface area contributed by atoms with Gasteiger partial charge in [0.15, 0.2) is 0 Å². The molecular formula is C17H19ClN4O5. The highest BCUT2D eigenvalue weighted by Gasteiger charge is 2.55. The van der Waals surface area contributed by atoms with Crippen molar-refractivity contribution in [2.75, 3.05) is 11.9 Å². The minimum Gasteiger partial charge on any atom is -0.324 e. The van der Waals surface area contributed by atoms with Gasteiger partial charge in [0, 0.05) is 11.8 Å². The molecule has 2 fully saturated rings. The Morgan fingerprint density at radius 2 is 2.19 bits per heavy atom. The van der Waals surface area contributed by atoms with E-state index in [9.17, 15) is 24.5 Å². The van der Waals surface area contributed by atoms with Gasteiger partial charge in [-0.25, -0.2) is 4.79 Å². The van der Waals surface area contributed by atoms with Crippen LogP contribution in [0.1, 0.15) is 32.6 Å². The SMILES string of the molecule is CC1CCCCC12NC(=O)N(CC(=O)Nc1ccc(Cl)c([N+](=O)[O-])c1)C2=O. The van der Waals surface area contributed by atoms with Gasteiger partial charge in [-0.3, -0.25) is 24.6 Å². The molecule has 0 aromatic heterocycles. The van der Waals surface area contributed by atoms with E-state index >= 15 is 0 Å². The smallest absolute Gasteiger partial charge is 0.324 e. The number of nitro groups is 1. The zero-order valence-corrected chi connectivity index (χ0v) is 15.4. The minimum atomic E-state index is -0.936. The zero-order chi connectivity index (χ0) is 19.8. The summed E-state index contributed by atoms with van der Waals surface area (Å²) in [6.07, 6.45) is 3.23. The highest BCUT2D eigenvalue weighted by molar-refractivity contribution is 6.32. The van der Waals surface area contributed by atoms with E-state index in [0.29, 0.717) is 6.42 Å². The molecular weight excluding hydrogens is 376 g/mol. The van der Waals surface area contributed by atoms with E-state index in [1.807, 2.05) is 6.92 Å². The number of urea groups is 1. The average molecular weight is 395 g/mol. The topological polar surface area (TPSA) is 122 Å². The molecule has 1 aromatic rings. The molecule has 3 rings (SSSR count). The van der Waals surface area contributed by atoms with Crippen molar-refractivity contribution < 1.29 is 19.3 Å². The molecule has 0 bridgehead atoms. The molecule has 1 aliphatic carbocycles. The Morgan fingerprint density at radius 1 is 1.44 bits per heavy atom. The number of imide groups is 1. The number of hydrogen-bond acceptors (Lipinski definition) is 5. The van der Waals surface area contributed by atoms with E-state index < -0.39 is 34.9 Å². The number of rotatable bonds is 4. The maximum Gasteiger partial charge on any atom is 0.325 e. The number of anilines is 1. The zero-order valence-electron chi connectivity index (χ0n) is 14.7. The van der Waals surface area contributed by atoms with Gasteiger partial charge in [0.05, 0.1) is 4.92 Å². The minimum absolute atomic E-state index is 0.00493. The largest absolute Gasteiger partial charge is 0.325 e.